The minimum absolute atomic E-state index is 0.704. The zero-order chi connectivity index (χ0) is 11.7. The number of hydrogen-bond acceptors (Lipinski definition) is 4. The summed E-state index contributed by atoms with van der Waals surface area (Å²) >= 11 is 0. The molecular weight excluding hydrogens is 214 g/mol. The Morgan fingerprint density at radius 2 is 2.35 bits per heavy atom. The van der Waals surface area contributed by atoms with E-state index in [0.29, 0.717) is 6.61 Å². The Balaban J connectivity index is 1.78. The van der Waals surface area contributed by atoms with Crippen molar-refractivity contribution in [1.29, 1.82) is 0 Å². The SMILES string of the molecule is CN(CC1CC1)c1ccc2c(n1)OCCNC2. The summed E-state index contributed by atoms with van der Waals surface area (Å²) in [5.41, 5.74) is 1.16. The van der Waals surface area contributed by atoms with Crippen LogP contribution in [0.15, 0.2) is 12.1 Å². The first-order chi connectivity index (χ1) is 8.33. The van der Waals surface area contributed by atoms with Crippen molar-refractivity contribution in [2.45, 2.75) is 19.4 Å². The van der Waals surface area contributed by atoms with Gasteiger partial charge in [0.2, 0.25) is 5.88 Å². The van der Waals surface area contributed by atoms with Gasteiger partial charge >= 0.3 is 0 Å². The van der Waals surface area contributed by atoms with Gasteiger partial charge in [0.05, 0.1) is 0 Å². The molecule has 0 amide bonds. The fourth-order valence-corrected chi connectivity index (χ4v) is 2.16. The number of hydrogen-bond donors (Lipinski definition) is 1. The Bertz CT molecular complexity index is 404. The highest BCUT2D eigenvalue weighted by atomic mass is 16.5. The number of nitrogens with one attached hydrogen (secondary N) is 1. The summed E-state index contributed by atoms with van der Waals surface area (Å²) in [7, 11) is 2.11. The van der Waals surface area contributed by atoms with E-state index < -0.39 is 0 Å². The van der Waals surface area contributed by atoms with Crippen molar-refractivity contribution in [2.75, 3.05) is 31.6 Å². The van der Waals surface area contributed by atoms with Crippen LogP contribution in [-0.2, 0) is 6.54 Å². The van der Waals surface area contributed by atoms with Crippen molar-refractivity contribution in [3.63, 3.8) is 0 Å². The van der Waals surface area contributed by atoms with Gasteiger partial charge in [-0.2, -0.15) is 4.98 Å². The normalized spacial score (nSPS) is 19.1. The van der Waals surface area contributed by atoms with Gasteiger partial charge < -0.3 is 15.0 Å². The van der Waals surface area contributed by atoms with E-state index in [1.54, 1.807) is 0 Å². The van der Waals surface area contributed by atoms with Crippen LogP contribution < -0.4 is 15.0 Å². The molecule has 0 radical (unpaired) electrons. The van der Waals surface area contributed by atoms with Crippen molar-refractivity contribution in [2.24, 2.45) is 5.92 Å². The van der Waals surface area contributed by atoms with E-state index >= 15 is 0 Å². The van der Waals surface area contributed by atoms with Crippen LogP contribution in [0.1, 0.15) is 18.4 Å². The van der Waals surface area contributed by atoms with Gasteiger partial charge in [0.1, 0.15) is 12.4 Å². The second kappa shape index (κ2) is 4.53. The molecule has 0 bridgehead atoms. The van der Waals surface area contributed by atoms with Crippen LogP contribution >= 0.6 is 0 Å². The Kier molecular flexibility index (Phi) is 2.89. The van der Waals surface area contributed by atoms with Crippen molar-refractivity contribution in [3.8, 4) is 5.88 Å². The third-order valence-electron chi connectivity index (χ3n) is 3.38. The zero-order valence-electron chi connectivity index (χ0n) is 10.3. The van der Waals surface area contributed by atoms with E-state index in [2.05, 4.69) is 34.4 Å². The van der Waals surface area contributed by atoms with Crippen molar-refractivity contribution in [1.82, 2.24) is 10.3 Å². The minimum atomic E-state index is 0.704. The molecule has 92 valence electrons. The number of pyridine rings is 1. The average molecular weight is 233 g/mol. The molecule has 0 atom stereocenters. The number of ether oxygens (including phenoxy) is 1. The number of nitrogens with zero attached hydrogens (tertiary/aromatic N) is 2. The van der Waals surface area contributed by atoms with Gasteiger partial charge in [-0.05, 0) is 30.9 Å². The van der Waals surface area contributed by atoms with Gasteiger partial charge in [0.15, 0.2) is 0 Å². The van der Waals surface area contributed by atoms with Crippen LogP contribution in [0.4, 0.5) is 5.82 Å². The van der Waals surface area contributed by atoms with Gasteiger partial charge in [-0.15, -0.1) is 0 Å². The first-order valence-corrected chi connectivity index (χ1v) is 6.37. The van der Waals surface area contributed by atoms with Crippen molar-refractivity contribution < 1.29 is 4.74 Å². The maximum absolute atomic E-state index is 5.66. The smallest absolute Gasteiger partial charge is 0.219 e. The molecule has 1 saturated carbocycles. The van der Waals surface area contributed by atoms with E-state index in [9.17, 15) is 0 Å². The molecule has 2 heterocycles. The molecule has 1 aromatic heterocycles. The Labute approximate surface area is 102 Å². The summed E-state index contributed by atoms with van der Waals surface area (Å²) in [6.07, 6.45) is 2.74. The number of anilines is 1. The van der Waals surface area contributed by atoms with Crippen LogP contribution in [0.3, 0.4) is 0 Å². The first-order valence-electron chi connectivity index (χ1n) is 6.37. The summed E-state index contributed by atoms with van der Waals surface area (Å²) in [4.78, 5) is 6.85. The molecule has 1 aliphatic carbocycles. The standard InChI is InChI=1S/C13H19N3O/c1-16(9-10-2-3-10)12-5-4-11-8-14-6-7-17-13(11)15-12/h4-5,10,14H,2-3,6-9H2,1H3. The molecule has 1 fully saturated rings. The summed E-state index contributed by atoms with van der Waals surface area (Å²) < 4.78 is 5.66. The predicted molar refractivity (Wildman–Crippen MR) is 67.4 cm³/mol. The van der Waals surface area contributed by atoms with Gasteiger partial charge in [0.25, 0.3) is 0 Å². The Morgan fingerprint density at radius 1 is 1.47 bits per heavy atom. The molecule has 4 nitrogen and oxygen atoms in total. The molecule has 4 heteroatoms. The maximum Gasteiger partial charge on any atom is 0.219 e. The molecular formula is C13H19N3O. The average Bonchev–Trinajstić information content (AvgIpc) is 3.14. The highest BCUT2D eigenvalue weighted by molar-refractivity contribution is 5.43. The van der Waals surface area contributed by atoms with Crippen LogP contribution in [0.5, 0.6) is 5.88 Å². The third-order valence-corrected chi connectivity index (χ3v) is 3.38. The molecule has 1 N–H and O–H groups in total. The maximum atomic E-state index is 5.66. The molecule has 0 saturated heterocycles. The highest BCUT2D eigenvalue weighted by Crippen LogP contribution is 2.31. The van der Waals surface area contributed by atoms with Crippen LogP contribution in [0.2, 0.25) is 0 Å². The quantitative estimate of drug-likeness (QED) is 0.856. The van der Waals surface area contributed by atoms with Gasteiger partial charge in [-0.3, -0.25) is 0 Å². The summed E-state index contributed by atoms with van der Waals surface area (Å²) in [6.45, 7) is 3.57. The molecule has 0 spiro atoms. The van der Waals surface area contributed by atoms with Gasteiger partial charge in [-0.1, -0.05) is 0 Å². The largest absolute Gasteiger partial charge is 0.476 e. The van der Waals surface area contributed by atoms with Crippen molar-refractivity contribution in [3.05, 3.63) is 17.7 Å². The zero-order valence-corrected chi connectivity index (χ0v) is 10.3. The lowest BCUT2D eigenvalue weighted by atomic mass is 10.2. The van der Waals surface area contributed by atoms with E-state index in [0.717, 1.165) is 42.8 Å². The molecule has 1 aromatic rings. The third kappa shape index (κ3) is 2.52. The van der Waals surface area contributed by atoms with Crippen LogP contribution in [0.25, 0.3) is 0 Å². The molecule has 0 unspecified atom stereocenters. The summed E-state index contributed by atoms with van der Waals surface area (Å²) in [5.74, 6) is 2.70. The monoisotopic (exact) mass is 233 g/mol. The molecule has 3 rings (SSSR count). The highest BCUT2D eigenvalue weighted by Gasteiger charge is 2.23. The van der Waals surface area contributed by atoms with E-state index in [-0.39, 0.29) is 0 Å². The Hall–Kier alpha value is -1.29. The summed E-state index contributed by atoms with van der Waals surface area (Å²) in [5, 5.41) is 3.32. The second-order valence-electron chi connectivity index (χ2n) is 4.98. The predicted octanol–water partition coefficient (Wildman–Crippen LogP) is 1.41. The molecule has 0 aromatic carbocycles. The Morgan fingerprint density at radius 3 is 3.18 bits per heavy atom. The minimum Gasteiger partial charge on any atom is -0.476 e. The van der Waals surface area contributed by atoms with Gasteiger partial charge in [0, 0.05) is 32.2 Å². The number of aromatic nitrogens is 1. The van der Waals surface area contributed by atoms with E-state index in [1.165, 1.54) is 12.8 Å². The topological polar surface area (TPSA) is 37.4 Å². The lowest BCUT2D eigenvalue weighted by molar-refractivity contribution is 0.314. The fourth-order valence-electron chi connectivity index (χ4n) is 2.16. The second-order valence-corrected chi connectivity index (χ2v) is 4.98. The molecule has 17 heavy (non-hydrogen) atoms. The lowest BCUT2D eigenvalue weighted by Crippen LogP contribution is -2.21. The van der Waals surface area contributed by atoms with Crippen LogP contribution in [-0.4, -0.2) is 31.7 Å². The van der Waals surface area contributed by atoms with Crippen LogP contribution in [0, 0.1) is 5.92 Å². The van der Waals surface area contributed by atoms with Crippen molar-refractivity contribution >= 4 is 5.82 Å². The van der Waals surface area contributed by atoms with E-state index in [1.807, 2.05) is 0 Å². The van der Waals surface area contributed by atoms with Gasteiger partial charge in [-0.25, -0.2) is 0 Å². The molecule has 1 aliphatic heterocycles. The van der Waals surface area contributed by atoms with E-state index in [4.69, 9.17) is 4.74 Å². The number of fused-ring (bicyclic) bond motifs is 1. The summed E-state index contributed by atoms with van der Waals surface area (Å²) in [6, 6.07) is 4.22. The lowest BCUT2D eigenvalue weighted by Gasteiger charge is -2.19. The first kappa shape index (κ1) is 10.8. The fraction of sp³-hybridized carbons (Fsp3) is 0.615. The number of rotatable bonds is 3. The molecule has 2 aliphatic rings.